The van der Waals surface area contributed by atoms with Crippen LogP contribution in [0.5, 0.6) is 0 Å². The van der Waals surface area contributed by atoms with Gasteiger partial charge in [0.2, 0.25) is 0 Å². The largest absolute Gasteiger partial charge is 0.393 e. The first-order valence-electron chi connectivity index (χ1n) is 3.00. The van der Waals surface area contributed by atoms with Gasteiger partial charge in [-0.15, -0.1) is 0 Å². The molecule has 0 spiro atoms. The van der Waals surface area contributed by atoms with Gasteiger partial charge < -0.3 is 5.11 Å². The van der Waals surface area contributed by atoms with Gasteiger partial charge in [-0.3, -0.25) is 0 Å². The molecule has 1 N–H and O–H groups in total. The van der Waals surface area contributed by atoms with Crippen LogP contribution < -0.4 is 0 Å². The third-order valence-corrected chi connectivity index (χ3v) is 0.978. The van der Waals surface area contributed by atoms with E-state index in [9.17, 15) is 0 Å². The van der Waals surface area contributed by atoms with Crippen LogP contribution >= 0.6 is 0 Å². The predicted octanol–water partition coefficient (Wildman–Crippen LogP) is 1.46. The van der Waals surface area contributed by atoms with Crippen molar-refractivity contribution in [3.05, 3.63) is 10.4 Å². The second kappa shape index (κ2) is 5.41. The zero-order chi connectivity index (χ0) is 7.11. The summed E-state index contributed by atoms with van der Waals surface area (Å²) in [5.41, 5.74) is 7.83. The summed E-state index contributed by atoms with van der Waals surface area (Å²) in [6.07, 6.45) is 1.17. The highest BCUT2D eigenvalue weighted by Gasteiger charge is 1.97. The summed E-state index contributed by atoms with van der Waals surface area (Å²) in [5, 5.41) is 12.1. The van der Waals surface area contributed by atoms with Crippen LogP contribution in [0.1, 0.15) is 19.8 Å². The van der Waals surface area contributed by atoms with Crippen LogP contribution in [0.4, 0.5) is 0 Å². The lowest BCUT2D eigenvalue weighted by Crippen LogP contribution is -2.08. The molecular weight excluding hydrogens is 118 g/mol. The highest BCUT2D eigenvalue weighted by atomic mass is 16.3. The number of rotatable bonds is 4. The molecule has 0 aliphatic rings. The van der Waals surface area contributed by atoms with Crippen LogP contribution in [0.15, 0.2) is 5.11 Å². The average Bonchev–Trinajstić information content (AvgIpc) is 1.85. The summed E-state index contributed by atoms with van der Waals surface area (Å²) in [6, 6.07) is 0. The van der Waals surface area contributed by atoms with Gasteiger partial charge in [-0.1, -0.05) is 18.5 Å². The van der Waals surface area contributed by atoms with Gasteiger partial charge in [-0.05, 0) is 12.0 Å². The van der Waals surface area contributed by atoms with Gasteiger partial charge >= 0.3 is 0 Å². The van der Waals surface area contributed by atoms with Crippen molar-refractivity contribution < 1.29 is 5.11 Å². The van der Waals surface area contributed by atoms with Crippen molar-refractivity contribution in [3.63, 3.8) is 0 Å². The molecule has 9 heavy (non-hydrogen) atoms. The maximum Gasteiger partial charge on any atom is 0.0596 e. The van der Waals surface area contributed by atoms with Crippen LogP contribution in [-0.2, 0) is 0 Å². The lowest BCUT2D eigenvalue weighted by molar-refractivity contribution is 0.172. The number of aliphatic hydroxyl groups is 1. The van der Waals surface area contributed by atoms with Gasteiger partial charge in [0, 0.05) is 4.91 Å². The Bertz CT molecular complexity index is 109. The molecule has 1 unspecified atom stereocenters. The first-order chi connectivity index (χ1) is 4.31. The lowest BCUT2D eigenvalue weighted by Gasteiger charge is -2.01. The van der Waals surface area contributed by atoms with E-state index in [1.54, 1.807) is 0 Å². The molecule has 0 heterocycles. The predicted molar refractivity (Wildman–Crippen MR) is 34.9 cm³/mol. The first-order valence-corrected chi connectivity index (χ1v) is 3.00. The highest BCUT2D eigenvalue weighted by Crippen LogP contribution is 1.95. The molecule has 0 aromatic carbocycles. The molecular formula is C5H11N3O. The molecule has 0 aromatic rings. The maximum absolute atomic E-state index is 8.92. The minimum Gasteiger partial charge on any atom is -0.393 e. The van der Waals surface area contributed by atoms with E-state index in [4.69, 9.17) is 10.6 Å². The lowest BCUT2D eigenvalue weighted by atomic mass is 10.2. The molecule has 4 heteroatoms. The van der Waals surface area contributed by atoms with E-state index in [1.807, 2.05) is 6.92 Å². The van der Waals surface area contributed by atoms with E-state index in [0.717, 1.165) is 6.42 Å². The summed E-state index contributed by atoms with van der Waals surface area (Å²) in [6.45, 7) is 2.17. The summed E-state index contributed by atoms with van der Waals surface area (Å²) in [4.78, 5) is 2.52. The first kappa shape index (κ1) is 8.27. The van der Waals surface area contributed by atoms with E-state index in [1.165, 1.54) is 0 Å². The van der Waals surface area contributed by atoms with Crippen LogP contribution in [-0.4, -0.2) is 17.8 Å². The normalized spacial score (nSPS) is 12.2. The molecule has 0 rings (SSSR count). The second-order valence-electron chi connectivity index (χ2n) is 1.86. The number of hydrogen-bond donors (Lipinski definition) is 1. The smallest absolute Gasteiger partial charge is 0.0596 e. The SMILES string of the molecule is CCCC(O)CN=[N+]=[N-]. The molecule has 0 amide bonds. The molecule has 0 bridgehead atoms. The fourth-order valence-electron chi connectivity index (χ4n) is 0.555. The average molecular weight is 129 g/mol. The zero-order valence-electron chi connectivity index (χ0n) is 5.49. The molecule has 52 valence electrons. The summed E-state index contributed by atoms with van der Waals surface area (Å²) >= 11 is 0. The molecule has 0 aliphatic carbocycles. The Hall–Kier alpha value is -0.730. The van der Waals surface area contributed by atoms with Crippen molar-refractivity contribution >= 4 is 0 Å². The molecule has 0 aromatic heterocycles. The van der Waals surface area contributed by atoms with Crippen molar-refractivity contribution in [3.8, 4) is 0 Å². The molecule has 0 radical (unpaired) electrons. The number of hydrogen-bond acceptors (Lipinski definition) is 2. The number of nitrogens with zero attached hydrogens (tertiary/aromatic N) is 3. The Balaban J connectivity index is 3.25. The van der Waals surface area contributed by atoms with Crippen molar-refractivity contribution in [1.82, 2.24) is 0 Å². The molecule has 4 nitrogen and oxygen atoms in total. The second-order valence-corrected chi connectivity index (χ2v) is 1.86. The number of azide groups is 1. The van der Waals surface area contributed by atoms with Crippen LogP contribution in [0.2, 0.25) is 0 Å². The van der Waals surface area contributed by atoms with Crippen molar-refractivity contribution in [2.24, 2.45) is 5.11 Å². The quantitative estimate of drug-likeness (QED) is 0.348. The van der Waals surface area contributed by atoms with E-state index in [0.29, 0.717) is 6.42 Å². The Kier molecular flexibility index (Phi) is 4.97. The van der Waals surface area contributed by atoms with Crippen LogP contribution in [0.25, 0.3) is 10.4 Å². The summed E-state index contributed by atoms with van der Waals surface area (Å²) < 4.78 is 0. The zero-order valence-corrected chi connectivity index (χ0v) is 5.49. The molecule has 1 atom stereocenters. The van der Waals surface area contributed by atoms with E-state index in [-0.39, 0.29) is 6.54 Å². The van der Waals surface area contributed by atoms with Gasteiger partial charge in [0.05, 0.1) is 12.6 Å². The van der Waals surface area contributed by atoms with E-state index >= 15 is 0 Å². The Labute approximate surface area is 54.1 Å². The van der Waals surface area contributed by atoms with Gasteiger partial charge in [-0.25, -0.2) is 0 Å². The summed E-state index contributed by atoms with van der Waals surface area (Å²) in [7, 11) is 0. The van der Waals surface area contributed by atoms with E-state index < -0.39 is 6.10 Å². The van der Waals surface area contributed by atoms with Gasteiger partial charge in [0.15, 0.2) is 0 Å². The van der Waals surface area contributed by atoms with Crippen LogP contribution in [0.3, 0.4) is 0 Å². The molecule has 0 fully saturated rings. The molecule has 0 aliphatic heterocycles. The van der Waals surface area contributed by atoms with Gasteiger partial charge in [0.1, 0.15) is 0 Å². The summed E-state index contributed by atoms with van der Waals surface area (Å²) in [5.74, 6) is 0. The van der Waals surface area contributed by atoms with Gasteiger partial charge in [-0.2, -0.15) is 0 Å². The third-order valence-electron chi connectivity index (χ3n) is 0.978. The van der Waals surface area contributed by atoms with Crippen LogP contribution in [0, 0.1) is 0 Å². The Morgan fingerprint density at radius 2 is 2.44 bits per heavy atom. The van der Waals surface area contributed by atoms with Crippen molar-refractivity contribution in [1.29, 1.82) is 0 Å². The standard InChI is InChI=1S/C5H11N3O/c1-2-3-5(9)4-7-8-6/h5,9H,2-4H2,1H3. The highest BCUT2D eigenvalue weighted by molar-refractivity contribution is 4.57. The fraction of sp³-hybridized carbons (Fsp3) is 1.00. The van der Waals surface area contributed by atoms with Crippen molar-refractivity contribution in [2.75, 3.05) is 6.54 Å². The monoisotopic (exact) mass is 129 g/mol. The maximum atomic E-state index is 8.92. The topological polar surface area (TPSA) is 69.0 Å². The Morgan fingerprint density at radius 1 is 1.78 bits per heavy atom. The van der Waals surface area contributed by atoms with E-state index in [2.05, 4.69) is 10.0 Å². The van der Waals surface area contributed by atoms with Gasteiger partial charge in [0.25, 0.3) is 0 Å². The fourth-order valence-corrected chi connectivity index (χ4v) is 0.555. The minimum absolute atomic E-state index is 0.199. The molecule has 0 saturated carbocycles. The minimum atomic E-state index is -0.453. The number of aliphatic hydroxyl groups excluding tert-OH is 1. The van der Waals surface area contributed by atoms with Crippen molar-refractivity contribution in [2.45, 2.75) is 25.9 Å². The Morgan fingerprint density at radius 3 is 2.89 bits per heavy atom. The third kappa shape index (κ3) is 5.14. The molecule has 0 saturated heterocycles.